The molecule has 0 bridgehead atoms. The summed E-state index contributed by atoms with van der Waals surface area (Å²) in [5, 5.41) is 12.1. The molecule has 1 spiro atoms. The van der Waals surface area contributed by atoms with Crippen molar-refractivity contribution in [1.82, 2.24) is 9.62 Å². The van der Waals surface area contributed by atoms with Crippen molar-refractivity contribution in [1.29, 1.82) is 5.26 Å². The van der Waals surface area contributed by atoms with Crippen LogP contribution in [-0.4, -0.2) is 38.3 Å². The lowest BCUT2D eigenvalue weighted by Gasteiger charge is -2.90. The van der Waals surface area contributed by atoms with Gasteiger partial charge in [-0.1, -0.05) is 0 Å². The summed E-state index contributed by atoms with van der Waals surface area (Å²) in [6.45, 7) is 1.48. The molecule has 1 aromatic carbocycles. The minimum absolute atomic E-state index is 0.0731. The summed E-state index contributed by atoms with van der Waals surface area (Å²) in [6.07, 6.45) is 5.61. The molecule has 1 heterocycles. The number of hydrogen-bond acceptors (Lipinski definition) is 4. The quantitative estimate of drug-likeness (QED) is 0.804. The van der Waals surface area contributed by atoms with Crippen molar-refractivity contribution in [3.05, 3.63) is 29.8 Å². The zero-order chi connectivity index (χ0) is 20.0. The van der Waals surface area contributed by atoms with Crippen LogP contribution in [0.4, 0.5) is 0 Å². The highest BCUT2D eigenvalue weighted by Gasteiger charge is 2.89. The van der Waals surface area contributed by atoms with E-state index in [1.165, 1.54) is 41.4 Å². The van der Waals surface area contributed by atoms with Crippen molar-refractivity contribution >= 4 is 15.9 Å². The first-order valence-corrected chi connectivity index (χ1v) is 12.1. The molecular weight excluding hydrogens is 386 g/mol. The lowest BCUT2D eigenvalue weighted by molar-refractivity contribution is -0.413. The van der Waals surface area contributed by atoms with Crippen molar-refractivity contribution in [3.63, 3.8) is 0 Å². The van der Waals surface area contributed by atoms with Crippen LogP contribution in [0.3, 0.4) is 0 Å². The molecule has 4 aliphatic carbocycles. The molecule has 6 atom stereocenters. The van der Waals surface area contributed by atoms with Crippen LogP contribution in [0, 0.1) is 45.8 Å². The number of benzene rings is 1. The van der Waals surface area contributed by atoms with Crippen LogP contribution in [0.2, 0.25) is 0 Å². The fourth-order valence-corrected chi connectivity index (χ4v) is 9.29. The molecule has 0 aromatic heterocycles. The van der Waals surface area contributed by atoms with Crippen molar-refractivity contribution in [3.8, 4) is 6.07 Å². The molecule has 1 aromatic rings. The van der Waals surface area contributed by atoms with Gasteiger partial charge in [-0.25, -0.2) is 8.42 Å². The highest BCUT2D eigenvalue weighted by atomic mass is 32.2. The Kier molecular flexibility index (Phi) is 3.47. The molecule has 5 unspecified atom stereocenters. The van der Waals surface area contributed by atoms with Gasteiger partial charge in [0.05, 0.1) is 21.9 Å². The fraction of sp³-hybridized carbons (Fsp3) is 0.636. The lowest BCUT2D eigenvalue weighted by atomic mass is 9.13. The second kappa shape index (κ2) is 5.61. The van der Waals surface area contributed by atoms with Crippen molar-refractivity contribution in [2.75, 3.05) is 19.6 Å². The maximum atomic E-state index is 13.0. The Labute approximate surface area is 171 Å². The summed E-state index contributed by atoms with van der Waals surface area (Å²) < 4.78 is 27.2. The number of amides is 1. The molecule has 152 valence electrons. The highest BCUT2D eigenvalue weighted by Crippen LogP contribution is 2.92. The molecule has 1 aliphatic heterocycles. The molecular formula is C22H25N3O3S. The molecule has 4 saturated carbocycles. The lowest BCUT2D eigenvalue weighted by Crippen LogP contribution is -2.88. The first kappa shape index (κ1) is 17.9. The number of hydrogen-bond donors (Lipinski definition) is 1. The molecule has 1 N–H and O–H groups in total. The minimum Gasteiger partial charge on any atom is -0.355 e. The number of carbonyl (C=O) groups is 1. The van der Waals surface area contributed by atoms with Crippen LogP contribution in [0.1, 0.15) is 37.7 Å². The summed E-state index contributed by atoms with van der Waals surface area (Å²) in [6, 6.07) is 8.06. The Hall–Kier alpha value is -1.91. The molecule has 6 rings (SSSR count). The highest BCUT2D eigenvalue weighted by molar-refractivity contribution is 7.89. The average molecular weight is 412 g/mol. The van der Waals surface area contributed by atoms with Gasteiger partial charge in [0.25, 0.3) is 0 Å². The SMILES string of the molecule is N#Cc1ccc(S(=O)(=O)N2CCC(CNC(=O)C34CC5CC6C[C@H](C3)C654)C2)cc1. The first-order chi connectivity index (χ1) is 13.9. The molecule has 6 nitrogen and oxygen atoms in total. The van der Waals surface area contributed by atoms with Gasteiger partial charge >= 0.3 is 0 Å². The second-order valence-corrected chi connectivity index (χ2v) is 11.8. The van der Waals surface area contributed by atoms with Gasteiger partial charge in [-0.05, 0) is 85.5 Å². The third-order valence-corrected chi connectivity index (χ3v) is 10.9. The van der Waals surface area contributed by atoms with Crippen LogP contribution >= 0.6 is 0 Å². The zero-order valence-corrected chi connectivity index (χ0v) is 17.1. The predicted octanol–water partition coefficient (Wildman–Crippen LogP) is 2.12. The Balaban J connectivity index is 1.07. The van der Waals surface area contributed by atoms with Gasteiger partial charge in [0, 0.05) is 19.6 Å². The number of rotatable bonds is 5. The van der Waals surface area contributed by atoms with Crippen LogP contribution in [0.15, 0.2) is 29.2 Å². The number of nitrogens with zero attached hydrogens (tertiary/aromatic N) is 2. The third-order valence-electron chi connectivity index (χ3n) is 9.04. The van der Waals surface area contributed by atoms with E-state index in [-0.39, 0.29) is 22.1 Å². The van der Waals surface area contributed by atoms with E-state index in [0.717, 1.165) is 37.0 Å². The standard InChI is InChI=1S/C22H25N3O3S/c23-11-14-1-3-19(4-2-14)29(27,28)25-6-5-15(13-25)12-24-20(26)21-9-17-7-16-8-18(10-21)22(16,17)21/h1-4,15-18H,5-10,12-13H2,(H,24,26)/t15?,16?,17-,18?,21?,22?/m1/s1. The Morgan fingerprint density at radius 2 is 1.86 bits per heavy atom. The zero-order valence-electron chi connectivity index (χ0n) is 16.3. The predicted molar refractivity (Wildman–Crippen MR) is 105 cm³/mol. The molecule has 1 amide bonds. The van der Waals surface area contributed by atoms with E-state index in [1.54, 1.807) is 0 Å². The smallest absolute Gasteiger partial charge is 0.243 e. The summed E-state index contributed by atoms with van der Waals surface area (Å²) in [7, 11) is -3.55. The average Bonchev–Trinajstić information content (AvgIpc) is 3.14. The minimum atomic E-state index is -3.55. The van der Waals surface area contributed by atoms with E-state index >= 15 is 0 Å². The van der Waals surface area contributed by atoms with Crippen molar-refractivity contribution in [2.45, 2.75) is 37.0 Å². The fourth-order valence-electron chi connectivity index (χ4n) is 7.76. The summed E-state index contributed by atoms with van der Waals surface area (Å²) >= 11 is 0. The first-order valence-electron chi connectivity index (χ1n) is 10.7. The number of nitriles is 1. The normalized spacial score (nSPS) is 41.5. The van der Waals surface area contributed by atoms with E-state index < -0.39 is 10.0 Å². The Bertz CT molecular complexity index is 1020. The van der Waals surface area contributed by atoms with E-state index in [1.807, 2.05) is 6.07 Å². The third kappa shape index (κ3) is 2.00. The number of nitrogens with one attached hydrogen (secondary N) is 1. The Morgan fingerprint density at radius 1 is 1.17 bits per heavy atom. The molecule has 0 radical (unpaired) electrons. The topological polar surface area (TPSA) is 90.3 Å². The molecule has 5 aliphatic rings. The monoisotopic (exact) mass is 411 g/mol. The maximum Gasteiger partial charge on any atom is 0.243 e. The number of carbonyl (C=O) groups excluding carboxylic acids is 1. The van der Waals surface area contributed by atoms with Gasteiger partial charge in [0.2, 0.25) is 15.9 Å². The molecule has 5 fully saturated rings. The van der Waals surface area contributed by atoms with Gasteiger partial charge in [-0.2, -0.15) is 9.57 Å². The van der Waals surface area contributed by atoms with Crippen molar-refractivity contribution < 1.29 is 13.2 Å². The summed E-state index contributed by atoms with van der Waals surface area (Å²) in [4.78, 5) is 13.2. The van der Waals surface area contributed by atoms with Gasteiger partial charge in [0.15, 0.2) is 0 Å². The molecule has 29 heavy (non-hydrogen) atoms. The largest absolute Gasteiger partial charge is 0.355 e. The van der Waals surface area contributed by atoms with Crippen LogP contribution in [0.25, 0.3) is 0 Å². The second-order valence-electron chi connectivity index (χ2n) is 9.85. The van der Waals surface area contributed by atoms with Crippen LogP contribution < -0.4 is 5.32 Å². The van der Waals surface area contributed by atoms with E-state index in [2.05, 4.69) is 5.32 Å². The van der Waals surface area contributed by atoms with E-state index in [9.17, 15) is 13.2 Å². The molecule has 1 saturated heterocycles. The Morgan fingerprint density at radius 3 is 2.45 bits per heavy atom. The van der Waals surface area contributed by atoms with Crippen LogP contribution in [-0.2, 0) is 14.8 Å². The van der Waals surface area contributed by atoms with Crippen LogP contribution in [0.5, 0.6) is 0 Å². The van der Waals surface area contributed by atoms with E-state index in [4.69, 9.17) is 5.26 Å². The van der Waals surface area contributed by atoms with Gasteiger partial charge in [-0.3, -0.25) is 4.79 Å². The molecule has 7 heteroatoms. The van der Waals surface area contributed by atoms with Gasteiger partial charge in [-0.15, -0.1) is 0 Å². The number of sulfonamides is 1. The van der Waals surface area contributed by atoms with Gasteiger partial charge in [0.1, 0.15) is 0 Å². The van der Waals surface area contributed by atoms with E-state index in [0.29, 0.717) is 30.6 Å². The summed E-state index contributed by atoms with van der Waals surface area (Å²) in [5.41, 5.74) is 0.759. The maximum absolute atomic E-state index is 13.0. The van der Waals surface area contributed by atoms with Crippen molar-refractivity contribution in [2.24, 2.45) is 34.5 Å². The summed E-state index contributed by atoms with van der Waals surface area (Å²) in [5.74, 6) is 2.83. The van der Waals surface area contributed by atoms with Gasteiger partial charge < -0.3 is 5.32 Å².